The van der Waals surface area contributed by atoms with Crippen LogP contribution in [0.4, 0.5) is 11.4 Å². The first-order valence-electron chi connectivity index (χ1n) is 11.5. The van der Waals surface area contributed by atoms with Crippen LogP contribution in [-0.2, 0) is 24.3 Å². The Morgan fingerprint density at radius 3 is 2.15 bits per heavy atom. The van der Waals surface area contributed by atoms with Gasteiger partial charge in [-0.3, -0.25) is 19.8 Å². The minimum atomic E-state index is -3.83. The number of nitro groups is 1. The fraction of sp³-hybridized carbons (Fsp3) is 0.667. The molecule has 3 heterocycles. The lowest BCUT2D eigenvalue weighted by molar-refractivity contribution is -0.384. The molecule has 0 bridgehead atoms. The number of nitrogens with zero attached hydrogens (tertiary/aromatic N) is 5. The Morgan fingerprint density at radius 2 is 1.56 bits per heavy atom. The second-order valence-corrected chi connectivity index (χ2v) is 10.5. The summed E-state index contributed by atoms with van der Waals surface area (Å²) in [5.41, 5.74) is 0.151. The van der Waals surface area contributed by atoms with Crippen molar-refractivity contribution in [3.8, 4) is 0 Å². The Balaban J connectivity index is 1.45. The number of benzene rings is 1. The van der Waals surface area contributed by atoms with Crippen molar-refractivity contribution >= 4 is 27.3 Å². The first kappa shape index (κ1) is 24.8. The van der Waals surface area contributed by atoms with Crippen molar-refractivity contribution in [1.82, 2.24) is 14.1 Å². The maximum Gasteiger partial charge on any atom is 0.293 e. The van der Waals surface area contributed by atoms with Crippen molar-refractivity contribution in [2.45, 2.75) is 17.9 Å². The SMILES string of the molecule is CC(C(=O)N1CCOCC1)N1CCN(c2ccc(S(=O)(=O)N3CCOCC3)cc2[N+](=O)[O-])CC1. The second-order valence-electron chi connectivity index (χ2n) is 8.56. The van der Waals surface area contributed by atoms with E-state index in [1.807, 2.05) is 16.7 Å². The number of amides is 1. The largest absolute Gasteiger partial charge is 0.379 e. The van der Waals surface area contributed by atoms with Crippen molar-refractivity contribution in [2.24, 2.45) is 0 Å². The second kappa shape index (κ2) is 10.5. The molecule has 1 amide bonds. The number of carbonyl (C=O) groups excluding carboxylic acids is 1. The zero-order chi connectivity index (χ0) is 24.3. The monoisotopic (exact) mass is 497 g/mol. The standard InChI is InChI=1S/C21H31N5O7S/c1-17(21(27)24-8-12-32-13-9-24)22-4-6-23(7-5-22)19-3-2-18(16-20(19)26(28)29)34(30,31)25-10-14-33-15-11-25/h2-3,16-17H,4-15H2,1H3. The number of ether oxygens (including phenoxy) is 2. The van der Waals surface area contributed by atoms with Crippen LogP contribution in [-0.4, -0.2) is 118 Å². The van der Waals surface area contributed by atoms with Gasteiger partial charge in [-0.1, -0.05) is 0 Å². The van der Waals surface area contributed by atoms with Crippen molar-refractivity contribution < 1.29 is 27.6 Å². The van der Waals surface area contributed by atoms with Gasteiger partial charge in [-0.05, 0) is 19.1 Å². The Labute approximate surface area is 199 Å². The van der Waals surface area contributed by atoms with Gasteiger partial charge in [0.05, 0.1) is 42.3 Å². The molecule has 0 aliphatic carbocycles. The highest BCUT2D eigenvalue weighted by molar-refractivity contribution is 7.89. The fourth-order valence-electron chi connectivity index (χ4n) is 4.57. The van der Waals surface area contributed by atoms with E-state index < -0.39 is 14.9 Å². The average Bonchev–Trinajstić information content (AvgIpc) is 2.88. The number of piperazine rings is 1. The van der Waals surface area contributed by atoms with Crippen molar-refractivity contribution in [3.05, 3.63) is 28.3 Å². The van der Waals surface area contributed by atoms with E-state index in [9.17, 15) is 23.3 Å². The highest BCUT2D eigenvalue weighted by atomic mass is 32.2. The van der Waals surface area contributed by atoms with Crippen LogP contribution in [0, 0.1) is 10.1 Å². The highest BCUT2D eigenvalue weighted by Crippen LogP contribution is 2.33. The molecule has 1 unspecified atom stereocenters. The summed E-state index contributed by atoms with van der Waals surface area (Å²) in [6.07, 6.45) is 0. The molecule has 3 aliphatic rings. The van der Waals surface area contributed by atoms with Crippen LogP contribution < -0.4 is 4.90 Å². The molecule has 3 aliphatic heterocycles. The lowest BCUT2D eigenvalue weighted by Gasteiger charge is -2.40. The molecule has 0 saturated carbocycles. The number of nitro benzene ring substituents is 1. The first-order chi connectivity index (χ1) is 16.3. The Kier molecular flexibility index (Phi) is 7.67. The van der Waals surface area contributed by atoms with Crippen molar-refractivity contribution in [2.75, 3.05) is 83.7 Å². The normalized spacial score (nSPS) is 21.9. The molecule has 13 heteroatoms. The van der Waals surface area contributed by atoms with E-state index in [-0.39, 0.29) is 35.6 Å². The van der Waals surface area contributed by atoms with E-state index in [0.29, 0.717) is 71.4 Å². The van der Waals surface area contributed by atoms with Gasteiger partial charge in [0.1, 0.15) is 5.69 Å². The van der Waals surface area contributed by atoms with Gasteiger partial charge < -0.3 is 19.3 Å². The molecule has 12 nitrogen and oxygen atoms in total. The summed E-state index contributed by atoms with van der Waals surface area (Å²) in [5.74, 6) is 0.0698. The Morgan fingerprint density at radius 1 is 0.971 bits per heavy atom. The molecule has 1 aromatic rings. The van der Waals surface area contributed by atoms with Crippen LogP contribution in [0.3, 0.4) is 0 Å². The lowest BCUT2D eigenvalue weighted by atomic mass is 10.1. The summed E-state index contributed by atoms with van der Waals surface area (Å²) in [6, 6.07) is 3.82. The van der Waals surface area contributed by atoms with Gasteiger partial charge in [-0.2, -0.15) is 4.31 Å². The van der Waals surface area contributed by atoms with Crippen LogP contribution in [0.15, 0.2) is 23.1 Å². The number of hydrogen-bond donors (Lipinski definition) is 0. The first-order valence-corrected chi connectivity index (χ1v) is 12.9. The predicted molar refractivity (Wildman–Crippen MR) is 123 cm³/mol. The van der Waals surface area contributed by atoms with E-state index in [2.05, 4.69) is 4.90 Å². The molecular weight excluding hydrogens is 466 g/mol. The lowest BCUT2D eigenvalue weighted by Crippen LogP contribution is -2.56. The zero-order valence-corrected chi connectivity index (χ0v) is 20.1. The fourth-order valence-corrected chi connectivity index (χ4v) is 6.00. The van der Waals surface area contributed by atoms with Crippen LogP contribution >= 0.6 is 0 Å². The molecule has 1 aromatic carbocycles. The number of sulfonamides is 1. The predicted octanol–water partition coefficient (Wildman–Crippen LogP) is -0.0150. The molecule has 1 atom stereocenters. The quantitative estimate of drug-likeness (QED) is 0.394. The summed E-state index contributed by atoms with van der Waals surface area (Å²) in [7, 11) is -3.83. The highest BCUT2D eigenvalue weighted by Gasteiger charge is 2.33. The minimum Gasteiger partial charge on any atom is -0.379 e. The molecule has 0 radical (unpaired) electrons. The third-order valence-corrected chi connectivity index (χ3v) is 8.53. The van der Waals surface area contributed by atoms with E-state index in [1.54, 1.807) is 0 Å². The molecule has 3 saturated heterocycles. The summed E-state index contributed by atoms with van der Waals surface area (Å²) in [6.45, 7) is 7.36. The summed E-state index contributed by atoms with van der Waals surface area (Å²) in [4.78, 5) is 29.8. The van der Waals surface area contributed by atoms with Crippen LogP contribution in [0.2, 0.25) is 0 Å². The van der Waals surface area contributed by atoms with Crippen molar-refractivity contribution in [1.29, 1.82) is 0 Å². The molecule has 0 spiro atoms. The van der Waals surface area contributed by atoms with Gasteiger partial charge in [0.2, 0.25) is 15.9 Å². The molecule has 3 fully saturated rings. The molecule has 34 heavy (non-hydrogen) atoms. The Bertz CT molecular complexity index is 1000. The Hall–Kier alpha value is -2.32. The van der Waals surface area contributed by atoms with Gasteiger partial charge in [-0.15, -0.1) is 0 Å². The van der Waals surface area contributed by atoms with Crippen LogP contribution in [0.5, 0.6) is 0 Å². The molecule has 188 valence electrons. The smallest absolute Gasteiger partial charge is 0.293 e. The molecule has 0 N–H and O–H groups in total. The maximum absolute atomic E-state index is 12.9. The molecule has 4 rings (SSSR count). The van der Waals surface area contributed by atoms with E-state index >= 15 is 0 Å². The van der Waals surface area contributed by atoms with Gasteiger partial charge in [0.25, 0.3) is 5.69 Å². The third-order valence-electron chi connectivity index (χ3n) is 6.63. The number of morpholine rings is 2. The topological polar surface area (TPSA) is 126 Å². The zero-order valence-electron chi connectivity index (χ0n) is 19.3. The average molecular weight is 498 g/mol. The number of hydrogen-bond acceptors (Lipinski definition) is 9. The molecule has 0 aromatic heterocycles. The molecular formula is C21H31N5O7S. The van der Waals surface area contributed by atoms with E-state index in [0.717, 1.165) is 6.07 Å². The third kappa shape index (κ3) is 5.18. The summed E-state index contributed by atoms with van der Waals surface area (Å²) < 4.78 is 37.7. The number of carbonyl (C=O) groups is 1. The summed E-state index contributed by atoms with van der Waals surface area (Å²) in [5, 5.41) is 11.8. The van der Waals surface area contributed by atoms with E-state index in [4.69, 9.17) is 9.47 Å². The number of anilines is 1. The van der Waals surface area contributed by atoms with Gasteiger partial charge in [0, 0.05) is 58.4 Å². The summed E-state index contributed by atoms with van der Waals surface area (Å²) >= 11 is 0. The van der Waals surface area contributed by atoms with Crippen LogP contribution in [0.25, 0.3) is 0 Å². The van der Waals surface area contributed by atoms with Gasteiger partial charge in [-0.25, -0.2) is 8.42 Å². The number of rotatable bonds is 6. The van der Waals surface area contributed by atoms with E-state index in [1.165, 1.54) is 16.4 Å². The minimum absolute atomic E-state index is 0.0698. The van der Waals surface area contributed by atoms with Crippen LogP contribution in [0.1, 0.15) is 6.92 Å². The van der Waals surface area contributed by atoms with Gasteiger partial charge >= 0.3 is 0 Å². The maximum atomic E-state index is 12.9. The van der Waals surface area contributed by atoms with Gasteiger partial charge in [0.15, 0.2) is 0 Å². The van der Waals surface area contributed by atoms with Crippen molar-refractivity contribution in [3.63, 3.8) is 0 Å².